The first-order valence-electron chi connectivity index (χ1n) is 10.9. The lowest BCUT2D eigenvalue weighted by molar-refractivity contribution is -0.119. The van der Waals surface area contributed by atoms with Gasteiger partial charge in [-0.15, -0.1) is 0 Å². The smallest absolute Gasteiger partial charge is 0.226 e. The molecule has 0 saturated carbocycles. The molecule has 0 radical (unpaired) electrons. The van der Waals surface area contributed by atoms with E-state index in [-0.39, 0.29) is 11.9 Å². The minimum Gasteiger partial charge on any atom is -0.383 e. The van der Waals surface area contributed by atoms with Crippen molar-refractivity contribution in [2.24, 2.45) is 5.92 Å². The van der Waals surface area contributed by atoms with Crippen LogP contribution in [0.5, 0.6) is 0 Å². The Labute approximate surface area is 175 Å². The van der Waals surface area contributed by atoms with E-state index in [4.69, 9.17) is 0 Å². The van der Waals surface area contributed by atoms with Crippen LogP contribution in [0.25, 0.3) is 0 Å². The molecular weight excluding hydrogens is 358 g/mol. The Balaban J connectivity index is 1.59. The van der Waals surface area contributed by atoms with Crippen molar-refractivity contribution in [3.8, 4) is 0 Å². The van der Waals surface area contributed by atoms with Gasteiger partial charge in [0.2, 0.25) is 5.91 Å². The van der Waals surface area contributed by atoms with Crippen LogP contribution in [0.15, 0.2) is 48.5 Å². The second-order valence-corrected chi connectivity index (χ2v) is 8.28. The molecule has 0 aromatic heterocycles. The molecule has 0 bridgehead atoms. The topological polar surface area (TPSA) is 35.6 Å². The van der Waals surface area contributed by atoms with Crippen molar-refractivity contribution >= 4 is 17.3 Å². The standard InChI is InChI=1S/C25H35N3O/c1-5-24(29)28(22-12-7-6-8-13-22)23-14-16-27(18-21(23)4)17-15-26-25-19(2)10-9-11-20(25)3/h6-13,21,23,26H,5,14-18H2,1-4H3. The molecule has 1 heterocycles. The number of nitrogens with zero attached hydrogens (tertiary/aromatic N) is 2. The van der Waals surface area contributed by atoms with Crippen LogP contribution in [-0.2, 0) is 4.79 Å². The zero-order chi connectivity index (χ0) is 20.8. The van der Waals surface area contributed by atoms with Gasteiger partial charge in [0.25, 0.3) is 0 Å². The number of para-hydroxylation sites is 2. The number of anilines is 2. The molecule has 3 rings (SSSR count). The monoisotopic (exact) mass is 393 g/mol. The highest BCUT2D eigenvalue weighted by atomic mass is 16.2. The summed E-state index contributed by atoms with van der Waals surface area (Å²) in [6.45, 7) is 12.6. The van der Waals surface area contributed by atoms with Crippen LogP contribution in [0.2, 0.25) is 0 Å². The van der Waals surface area contributed by atoms with Gasteiger partial charge in [-0.05, 0) is 49.4 Å². The van der Waals surface area contributed by atoms with E-state index in [0.29, 0.717) is 12.3 Å². The van der Waals surface area contributed by atoms with Crippen LogP contribution in [0.4, 0.5) is 11.4 Å². The van der Waals surface area contributed by atoms with Crippen molar-refractivity contribution in [3.63, 3.8) is 0 Å². The Kier molecular flexibility index (Phi) is 7.32. The number of piperidine rings is 1. The summed E-state index contributed by atoms with van der Waals surface area (Å²) in [5.41, 5.74) is 4.89. The van der Waals surface area contributed by atoms with Gasteiger partial charge in [0.05, 0.1) is 0 Å². The molecule has 1 N–H and O–H groups in total. The number of hydrogen-bond acceptors (Lipinski definition) is 3. The van der Waals surface area contributed by atoms with Gasteiger partial charge in [-0.3, -0.25) is 4.79 Å². The molecule has 1 aliphatic heterocycles. The van der Waals surface area contributed by atoms with Crippen molar-refractivity contribution in [2.75, 3.05) is 36.4 Å². The lowest BCUT2D eigenvalue weighted by Crippen LogP contribution is -2.53. The number of carbonyl (C=O) groups is 1. The van der Waals surface area contributed by atoms with Crippen LogP contribution in [0.3, 0.4) is 0 Å². The SMILES string of the molecule is CCC(=O)N(c1ccccc1)C1CCN(CCNc2c(C)cccc2C)CC1C. The Morgan fingerprint density at radius 3 is 2.41 bits per heavy atom. The number of benzene rings is 2. The molecule has 156 valence electrons. The minimum absolute atomic E-state index is 0.221. The van der Waals surface area contributed by atoms with E-state index in [9.17, 15) is 4.79 Å². The summed E-state index contributed by atoms with van der Waals surface area (Å²) in [6, 6.07) is 16.9. The zero-order valence-corrected chi connectivity index (χ0v) is 18.3. The van der Waals surface area contributed by atoms with Gasteiger partial charge in [-0.1, -0.05) is 50.2 Å². The first-order chi connectivity index (χ1) is 14.0. The highest BCUT2D eigenvalue weighted by molar-refractivity contribution is 5.93. The molecule has 2 aromatic rings. The summed E-state index contributed by atoms with van der Waals surface area (Å²) in [7, 11) is 0. The van der Waals surface area contributed by atoms with Gasteiger partial charge in [0.15, 0.2) is 0 Å². The summed E-state index contributed by atoms with van der Waals surface area (Å²) < 4.78 is 0. The van der Waals surface area contributed by atoms with Gasteiger partial charge < -0.3 is 15.1 Å². The molecule has 2 unspecified atom stereocenters. The van der Waals surface area contributed by atoms with Gasteiger partial charge in [0.1, 0.15) is 0 Å². The third-order valence-corrected chi connectivity index (χ3v) is 6.09. The fourth-order valence-corrected chi connectivity index (χ4v) is 4.52. The quantitative estimate of drug-likeness (QED) is 0.729. The van der Waals surface area contributed by atoms with Crippen molar-refractivity contribution in [1.29, 1.82) is 0 Å². The number of carbonyl (C=O) groups excluding carboxylic acids is 1. The third kappa shape index (κ3) is 5.18. The Hall–Kier alpha value is -2.33. The van der Waals surface area contributed by atoms with Crippen molar-refractivity contribution in [1.82, 2.24) is 4.90 Å². The molecular formula is C25H35N3O. The maximum Gasteiger partial charge on any atom is 0.226 e. The normalized spacial score (nSPS) is 19.7. The van der Waals surface area contributed by atoms with E-state index in [1.165, 1.54) is 16.8 Å². The zero-order valence-electron chi connectivity index (χ0n) is 18.3. The van der Waals surface area contributed by atoms with E-state index < -0.39 is 0 Å². The molecule has 29 heavy (non-hydrogen) atoms. The number of hydrogen-bond donors (Lipinski definition) is 1. The van der Waals surface area contributed by atoms with Crippen LogP contribution < -0.4 is 10.2 Å². The predicted molar refractivity (Wildman–Crippen MR) is 123 cm³/mol. The Morgan fingerprint density at radius 2 is 1.79 bits per heavy atom. The van der Waals surface area contributed by atoms with Crippen molar-refractivity contribution in [3.05, 3.63) is 59.7 Å². The highest BCUT2D eigenvalue weighted by Gasteiger charge is 2.33. The second-order valence-electron chi connectivity index (χ2n) is 8.28. The molecule has 1 saturated heterocycles. The van der Waals surface area contributed by atoms with Crippen LogP contribution >= 0.6 is 0 Å². The summed E-state index contributed by atoms with van der Waals surface area (Å²) in [5, 5.41) is 3.62. The predicted octanol–water partition coefficient (Wildman–Crippen LogP) is 4.87. The maximum absolute atomic E-state index is 12.7. The van der Waals surface area contributed by atoms with Crippen LogP contribution in [0.1, 0.15) is 37.8 Å². The molecule has 1 amide bonds. The summed E-state index contributed by atoms with van der Waals surface area (Å²) in [6.07, 6.45) is 1.56. The van der Waals surface area contributed by atoms with Gasteiger partial charge in [-0.2, -0.15) is 0 Å². The van der Waals surface area contributed by atoms with E-state index >= 15 is 0 Å². The highest BCUT2D eigenvalue weighted by Crippen LogP contribution is 2.28. The van der Waals surface area contributed by atoms with Crippen LogP contribution in [0, 0.1) is 19.8 Å². The van der Waals surface area contributed by atoms with Crippen LogP contribution in [-0.4, -0.2) is 43.0 Å². The molecule has 2 atom stereocenters. The van der Waals surface area contributed by atoms with E-state index in [1.807, 2.05) is 25.1 Å². The third-order valence-electron chi connectivity index (χ3n) is 6.09. The van der Waals surface area contributed by atoms with E-state index in [0.717, 1.165) is 38.3 Å². The van der Waals surface area contributed by atoms with Crippen molar-refractivity contribution in [2.45, 2.75) is 46.6 Å². The number of aryl methyl sites for hydroxylation is 2. The molecule has 1 aliphatic rings. The first kappa shape index (κ1) is 21.4. The summed E-state index contributed by atoms with van der Waals surface area (Å²) in [5.74, 6) is 0.665. The number of amides is 1. The summed E-state index contributed by atoms with van der Waals surface area (Å²) in [4.78, 5) is 17.3. The van der Waals surface area contributed by atoms with Gasteiger partial charge in [0, 0.05) is 50.0 Å². The number of nitrogens with one attached hydrogen (secondary N) is 1. The average molecular weight is 394 g/mol. The molecule has 4 nitrogen and oxygen atoms in total. The molecule has 4 heteroatoms. The lowest BCUT2D eigenvalue weighted by Gasteiger charge is -2.42. The summed E-state index contributed by atoms with van der Waals surface area (Å²) >= 11 is 0. The molecule has 2 aromatic carbocycles. The van der Waals surface area contributed by atoms with Gasteiger partial charge >= 0.3 is 0 Å². The Bertz CT molecular complexity index is 785. The fourth-order valence-electron chi connectivity index (χ4n) is 4.52. The molecule has 0 spiro atoms. The van der Waals surface area contributed by atoms with E-state index in [2.05, 4.69) is 66.2 Å². The van der Waals surface area contributed by atoms with E-state index in [1.54, 1.807) is 0 Å². The largest absolute Gasteiger partial charge is 0.383 e. The second kappa shape index (κ2) is 9.93. The Morgan fingerprint density at radius 1 is 1.10 bits per heavy atom. The fraction of sp³-hybridized carbons (Fsp3) is 0.480. The molecule has 1 fully saturated rings. The maximum atomic E-state index is 12.7. The van der Waals surface area contributed by atoms with Crippen molar-refractivity contribution < 1.29 is 4.79 Å². The first-order valence-corrected chi connectivity index (χ1v) is 10.9. The number of likely N-dealkylation sites (tertiary alicyclic amines) is 1. The van der Waals surface area contributed by atoms with Gasteiger partial charge in [-0.25, -0.2) is 0 Å². The number of rotatable bonds is 7. The average Bonchev–Trinajstić information content (AvgIpc) is 2.72. The minimum atomic E-state index is 0.221. The molecule has 0 aliphatic carbocycles. The lowest BCUT2D eigenvalue weighted by atomic mass is 9.91.